The number of nitrogens with zero attached hydrogens (tertiary/aromatic N) is 1. The van der Waals surface area contributed by atoms with Gasteiger partial charge in [0.15, 0.2) is 0 Å². The summed E-state index contributed by atoms with van der Waals surface area (Å²) in [6, 6.07) is 14.0. The smallest absolute Gasteiger partial charge is 0.337 e. The van der Waals surface area contributed by atoms with Crippen LogP contribution in [0.3, 0.4) is 0 Å². The molecule has 0 bridgehead atoms. The van der Waals surface area contributed by atoms with Gasteiger partial charge in [0.05, 0.1) is 11.1 Å². The number of hydrogen-bond donors (Lipinski definition) is 2. The predicted molar refractivity (Wildman–Crippen MR) is 71.9 cm³/mol. The van der Waals surface area contributed by atoms with Crippen LogP contribution in [0.25, 0.3) is 16.6 Å². The second-order valence-corrected chi connectivity index (χ2v) is 4.25. The van der Waals surface area contributed by atoms with Gasteiger partial charge in [-0.15, -0.1) is 0 Å². The van der Waals surface area contributed by atoms with Gasteiger partial charge in [0.2, 0.25) is 0 Å². The van der Waals surface area contributed by atoms with Gasteiger partial charge in [0.25, 0.3) is 0 Å². The molecule has 0 atom stereocenters. The molecule has 0 spiro atoms. The third-order valence-electron chi connectivity index (χ3n) is 3.07. The lowest BCUT2D eigenvalue weighted by Gasteiger charge is -2.04. The molecule has 0 amide bonds. The maximum atomic E-state index is 11.3. The van der Waals surface area contributed by atoms with Gasteiger partial charge in [-0.1, -0.05) is 18.2 Å². The molecule has 0 saturated carbocycles. The van der Waals surface area contributed by atoms with E-state index in [1.807, 2.05) is 18.2 Å². The summed E-state index contributed by atoms with van der Waals surface area (Å²) in [5, 5.41) is 19.2. The van der Waals surface area contributed by atoms with Crippen LogP contribution in [-0.4, -0.2) is 20.7 Å². The van der Waals surface area contributed by atoms with E-state index in [1.54, 1.807) is 41.1 Å². The number of fused-ring (bicyclic) bond motifs is 1. The van der Waals surface area contributed by atoms with Gasteiger partial charge in [-0.2, -0.15) is 0 Å². The first-order valence-electron chi connectivity index (χ1n) is 5.79. The lowest BCUT2D eigenvalue weighted by Crippen LogP contribution is -1.94. The summed E-state index contributed by atoms with van der Waals surface area (Å²) in [6.45, 7) is 0. The van der Waals surface area contributed by atoms with E-state index in [2.05, 4.69) is 0 Å². The summed E-state index contributed by atoms with van der Waals surface area (Å²) in [4.78, 5) is 11.3. The second-order valence-electron chi connectivity index (χ2n) is 4.25. The van der Waals surface area contributed by atoms with Crippen LogP contribution in [0.1, 0.15) is 10.4 Å². The minimum Gasteiger partial charge on any atom is -0.508 e. The van der Waals surface area contributed by atoms with Crippen molar-refractivity contribution in [1.82, 2.24) is 4.57 Å². The Morgan fingerprint density at radius 2 is 1.68 bits per heavy atom. The van der Waals surface area contributed by atoms with Crippen LogP contribution < -0.4 is 0 Å². The average Bonchev–Trinajstić information content (AvgIpc) is 2.79. The Bertz CT molecular complexity index is 757. The van der Waals surface area contributed by atoms with Crippen molar-refractivity contribution in [3.8, 4) is 11.4 Å². The number of phenols is 1. The van der Waals surface area contributed by atoms with E-state index >= 15 is 0 Å². The number of carboxylic acids is 1. The highest BCUT2D eigenvalue weighted by atomic mass is 16.4. The molecule has 0 aliphatic carbocycles. The predicted octanol–water partition coefficient (Wildman–Crippen LogP) is 3.03. The second kappa shape index (κ2) is 4.17. The topological polar surface area (TPSA) is 62.5 Å². The Morgan fingerprint density at radius 3 is 2.37 bits per heavy atom. The molecule has 4 heteroatoms. The van der Waals surface area contributed by atoms with Gasteiger partial charge >= 0.3 is 5.97 Å². The highest BCUT2D eigenvalue weighted by Crippen LogP contribution is 2.25. The van der Waals surface area contributed by atoms with E-state index in [0.717, 1.165) is 11.2 Å². The Kier molecular flexibility index (Phi) is 2.49. The first kappa shape index (κ1) is 11.3. The monoisotopic (exact) mass is 253 g/mol. The first-order chi connectivity index (χ1) is 9.16. The highest BCUT2D eigenvalue weighted by Gasteiger charge is 2.14. The molecular formula is C15H11NO3. The summed E-state index contributed by atoms with van der Waals surface area (Å²) >= 11 is 0. The fourth-order valence-corrected chi connectivity index (χ4v) is 2.18. The van der Waals surface area contributed by atoms with Crippen molar-refractivity contribution in [2.75, 3.05) is 0 Å². The quantitative estimate of drug-likeness (QED) is 0.737. The molecule has 1 heterocycles. The number of hydrogen-bond acceptors (Lipinski definition) is 2. The van der Waals surface area contributed by atoms with Crippen molar-refractivity contribution in [1.29, 1.82) is 0 Å². The number of aromatic hydroxyl groups is 1. The molecule has 0 radical (unpaired) electrons. The van der Waals surface area contributed by atoms with Crippen molar-refractivity contribution < 1.29 is 15.0 Å². The maximum absolute atomic E-state index is 11.3. The Balaban J connectivity index is 2.29. The van der Waals surface area contributed by atoms with Crippen LogP contribution in [-0.2, 0) is 0 Å². The minimum absolute atomic E-state index is 0.179. The van der Waals surface area contributed by atoms with Gasteiger partial charge in [0.1, 0.15) is 5.75 Å². The lowest BCUT2D eigenvalue weighted by molar-refractivity contribution is 0.0699. The van der Waals surface area contributed by atoms with Crippen molar-refractivity contribution >= 4 is 16.9 Å². The molecule has 0 fully saturated rings. The molecule has 19 heavy (non-hydrogen) atoms. The molecule has 0 unspecified atom stereocenters. The first-order valence-corrected chi connectivity index (χ1v) is 5.79. The van der Waals surface area contributed by atoms with Crippen molar-refractivity contribution in [3.63, 3.8) is 0 Å². The van der Waals surface area contributed by atoms with E-state index in [-0.39, 0.29) is 11.3 Å². The lowest BCUT2D eigenvalue weighted by atomic mass is 10.2. The number of carbonyl (C=O) groups is 1. The summed E-state index contributed by atoms with van der Waals surface area (Å²) in [5.41, 5.74) is 1.90. The highest BCUT2D eigenvalue weighted by molar-refractivity contribution is 6.04. The van der Waals surface area contributed by atoms with Gasteiger partial charge in [-0.05, 0) is 30.3 Å². The van der Waals surface area contributed by atoms with Gasteiger partial charge in [0, 0.05) is 17.3 Å². The van der Waals surface area contributed by atoms with Crippen LogP contribution >= 0.6 is 0 Å². The third-order valence-corrected chi connectivity index (χ3v) is 3.07. The maximum Gasteiger partial charge on any atom is 0.337 e. The minimum atomic E-state index is -0.950. The van der Waals surface area contributed by atoms with Crippen molar-refractivity contribution in [2.45, 2.75) is 0 Å². The van der Waals surface area contributed by atoms with E-state index in [4.69, 9.17) is 0 Å². The Hall–Kier alpha value is -2.75. The summed E-state index contributed by atoms with van der Waals surface area (Å²) < 4.78 is 1.80. The number of aromatic nitrogens is 1. The van der Waals surface area contributed by atoms with Gasteiger partial charge in [-0.25, -0.2) is 4.79 Å². The van der Waals surface area contributed by atoms with Crippen molar-refractivity contribution in [3.05, 3.63) is 60.3 Å². The van der Waals surface area contributed by atoms with E-state index in [0.29, 0.717) is 5.39 Å². The molecule has 4 nitrogen and oxygen atoms in total. The molecule has 2 N–H and O–H groups in total. The zero-order valence-corrected chi connectivity index (χ0v) is 9.95. The number of aromatic carboxylic acids is 1. The molecule has 94 valence electrons. The number of carboxylic acid groups (broad SMARTS) is 1. The number of benzene rings is 2. The fraction of sp³-hybridized carbons (Fsp3) is 0. The van der Waals surface area contributed by atoms with Crippen LogP contribution in [0.15, 0.2) is 54.7 Å². The summed E-state index contributed by atoms with van der Waals surface area (Å²) in [7, 11) is 0. The molecule has 3 rings (SSSR count). The molecule has 3 aromatic rings. The zero-order valence-electron chi connectivity index (χ0n) is 9.95. The number of phenolic OH excluding ortho intramolecular Hbond substituents is 1. The van der Waals surface area contributed by atoms with Gasteiger partial charge < -0.3 is 14.8 Å². The molecule has 0 saturated heterocycles. The third kappa shape index (κ3) is 1.83. The van der Waals surface area contributed by atoms with Crippen molar-refractivity contribution in [2.24, 2.45) is 0 Å². The molecule has 2 aromatic carbocycles. The van der Waals surface area contributed by atoms with E-state index in [1.165, 1.54) is 0 Å². The SMILES string of the molecule is O=C(O)c1cn(-c2ccc(O)cc2)c2ccccc12. The standard InChI is InChI=1S/C15H11NO3/c17-11-7-5-10(6-8-11)16-9-13(15(18)19)12-3-1-2-4-14(12)16/h1-9,17H,(H,18,19). The van der Waals surface area contributed by atoms with Crippen LogP contribution in [0, 0.1) is 0 Å². The zero-order chi connectivity index (χ0) is 13.4. The van der Waals surface area contributed by atoms with E-state index < -0.39 is 5.97 Å². The number of para-hydroxylation sites is 1. The largest absolute Gasteiger partial charge is 0.508 e. The summed E-state index contributed by atoms with van der Waals surface area (Å²) in [6.07, 6.45) is 1.60. The van der Waals surface area contributed by atoms with Crippen LogP contribution in [0.4, 0.5) is 0 Å². The molecule has 0 aliphatic rings. The normalized spacial score (nSPS) is 10.7. The average molecular weight is 253 g/mol. The Morgan fingerprint density at radius 1 is 1.00 bits per heavy atom. The summed E-state index contributed by atoms with van der Waals surface area (Å²) in [5.74, 6) is -0.771. The fourth-order valence-electron chi connectivity index (χ4n) is 2.18. The van der Waals surface area contributed by atoms with Crippen LogP contribution in [0.2, 0.25) is 0 Å². The van der Waals surface area contributed by atoms with Gasteiger partial charge in [-0.3, -0.25) is 0 Å². The molecule has 0 aliphatic heterocycles. The number of rotatable bonds is 2. The Labute approximate surface area is 109 Å². The molecule has 1 aromatic heterocycles. The van der Waals surface area contributed by atoms with Crippen LogP contribution in [0.5, 0.6) is 5.75 Å². The molecular weight excluding hydrogens is 242 g/mol. The van der Waals surface area contributed by atoms with E-state index in [9.17, 15) is 15.0 Å².